The second-order valence-corrected chi connectivity index (χ2v) is 10.8. The second-order valence-electron chi connectivity index (χ2n) is 10.4. The van der Waals surface area contributed by atoms with Crippen LogP contribution in [-0.2, 0) is 11.3 Å². The smallest absolute Gasteiger partial charge is 0.262 e. The Morgan fingerprint density at radius 2 is 2.21 bits per heavy atom. The lowest BCUT2D eigenvalue weighted by Gasteiger charge is -2.38. The number of halogens is 1. The van der Waals surface area contributed by atoms with Crippen molar-refractivity contribution in [3.8, 4) is 11.6 Å². The van der Waals surface area contributed by atoms with Crippen molar-refractivity contribution in [3.05, 3.63) is 52.7 Å². The Morgan fingerprint density at radius 3 is 3.08 bits per heavy atom. The molecule has 10 heteroatoms. The Balaban J connectivity index is 1.12. The lowest BCUT2D eigenvalue weighted by atomic mass is 9.91. The van der Waals surface area contributed by atoms with E-state index >= 15 is 0 Å². The number of fused-ring (bicyclic) bond motifs is 3. The molecule has 3 aliphatic rings. The lowest BCUT2D eigenvalue weighted by Crippen LogP contribution is -2.44. The maximum atomic E-state index is 11.7. The molecule has 200 valence electrons. The molecule has 3 heterocycles. The van der Waals surface area contributed by atoms with E-state index in [1.54, 1.807) is 19.4 Å². The molecule has 1 amide bonds. The van der Waals surface area contributed by atoms with Crippen LogP contribution in [0.4, 0.5) is 5.69 Å². The average Bonchev–Trinajstić information content (AvgIpc) is 3.35. The number of likely N-dealkylation sites (tertiary alicyclic amines) is 1. The number of aliphatic hydroxyl groups excluding tert-OH is 1. The monoisotopic (exact) mass is 537 g/mol. The highest BCUT2D eigenvalue weighted by Crippen LogP contribution is 2.39. The number of anilines is 1. The minimum Gasteiger partial charge on any atom is -0.482 e. The maximum Gasteiger partial charge on any atom is 0.262 e. The zero-order valence-electron chi connectivity index (χ0n) is 21.3. The molecular weight excluding hydrogens is 506 g/mol. The number of ether oxygens (including phenoxy) is 2. The number of methoxy groups -OCH3 is 1. The number of carbonyl (C=O) groups is 1. The molecule has 0 bridgehead atoms. The highest BCUT2D eigenvalue weighted by Gasteiger charge is 2.40. The maximum absolute atomic E-state index is 11.7. The number of aliphatic hydroxyl groups is 1. The van der Waals surface area contributed by atoms with Crippen LogP contribution in [0.3, 0.4) is 0 Å². The molecule has 4 unspecified atom stereocenters. The molecule has 1 aromatic heterocycles. The topological polar surface area (TPSA) is 109 Å². The fourth-order valence-electron chi connectivity index (χ4n) is 6.26. The third kappa shape index (κ3) is 5.03. The van der Waals surface area contributed by atoms with Crippen molar-refractivity contribution in [1.29, 1.82) is 0 Å². The van der Waals surface area contributed by atoms with Crippen LogP contribution in [0.5, 0.6) is 11.6 Å². The van der Waals surface area contributed by atoms with E-state index in [-0.39, 0.29) is 12.5 Å². The van der Waals surface area contributed by atoms with Crippen LogP contribution in [0.2, 0.25) is 5.02 Å². The quantitative estimate of drug-likeness (QED) is 0.419. The third-order valence-corrected chi connectivity index (χ3v) is 8.38. The van der Waals surface area contributed by atoms with Crippen LogP contribution in [0.25, 0.3) is 11.0 Å². The zero-order valence-corrected chi connectivity index (χ0v) is 22.1. The van der Waals surface area contributed by atoms with Gasteiger partial charge in [-0.15, -0.1) is 0 Å². The van der Waals surface area contributed by atoms with Crippen molar-refractivity contribution in [2.24, 2.45) is 5.92 Å². The van der Waals surface area contributed by atoms with Crippen LogP contribution in [0, 0.1) is 5.92 Å². The van der Waals surface area contributed by atoms with E-state index in [0.29, 0.717) is 57.8 Å². The van der Waals surface area contributed by atoms with Crippen LogP contribution in [0.1, 0.15) is 42.9 Å². The van der Waals surface area contributed by atoms with Gasteiger partial charge < -0.3 is 25.2 Å². The largest absolute Gasteiger partial charge is 0.482 e. The summed E-state index contributed by atoms with van der Waals surface area (Å²) in [5.74, 6) is 1.57. The first-order chi connectivity index (χ1) is 18.5. The molecule has 0 radical (unpaired) electrons. The highest BCUT2D eigenvalue weighted by atomic mass is 35.5. The van der Waals surface area contributed by atoms with Gasteiger partial charge in [0.2, 0.25) is 5.88 Å². The number of benzene rings is 2. The van der Waals surface area contributed by atoms with Gasteiger partial charge in [0.1, 0.15) is 11.3 Å². The number of amides is 1. The molecule has 2 aliphatic heterocycles. The van der Waals surface area contributed by atoms with E-state index in [9.17, 15) is 9.90 Å². The molecule has 3 aromatic rings. The van der Waals surface area contributed by atoms with Crippen LogP contribution in [-0.4, -0.2) is 64.8 Å². The molecule has 6 rings (SSSR count). The van der Waals surface area contributed by atoms with Crippen molar-refractivity contribution in [2.75, 3.05) is 32.1 Å². The summed E-state index contributed by atoms with van der Waals surface area (Å²) in [5.41, 5.74) is 3.71. The fourth-order valence-corrected chi connectivity index (χ4v) is 6.54. The Bertz CT molecular complexity index is 1350. The summed E-state index contributed by atoms with van der Waals surface area (Å²) in [4.78, 5) is 23.0. The van der Waals surface area contributed by atoms with Gasteiger partial charge in [-0.3, -0.25) is 9.69 Å². The van der Waals surface area contributed by atoms with Gasteiger partial charge in [-0.05, 0) is 68.0 Å². The highest BCUT2D eigenvalue weighted by molar-refractivity contribution is 6.32. The van der Waals surface area contributed by atoms with Gasteiger partial charge in [0, 0.05) is 35.8 Å². The van der Waals surface area contributed by atoms with Gasteiger partial charge in [-0.1, -0.05) is 17.7 Å². The van der Waals surface area contributed by atoms with Crippen LogP contribution < -0.4 is 20.1 Å². The first-order valence-corrected chi connectivity index (χ1v) is 13.6. The van der Waals surface area contributed by atoms with Crippen molar-refractivity contribution < 1.29 is 19.4 Å². The molecule has 2 fully saturated rings. The van der Waals surface area contributed by atoms with Crippen LogP contribution in [0.15, 0.2) is 36.5 Å². The van der Waals surface area contributed by atoms with E-state index < -0.39 is 6.10 Å². The summed E-state index contributed by atoms with van der Waals surface area (Å²) in [7, 11) is 1.55. The number of nitrogens with one attached hydrogen (secondary N) is 2. The van der Waals surface area contributed by atoms with E-state index in [0.717, 1.165) is 43.6 Å². The molecule has 38 heavy (non-hydrogen) atoms. The van der Waals surface area contributed by atoms with E-state index in [1.165, 1.54) is 6.42 Å². The third-order valence-electron chi connectivity index (χ3n) is 8.05. The Hall–Kier alpha value is -2.98. The summed E-state index contributed by atoms with van der Waals surface area (Å²) in [6.07, 6.45) is 5.24. The van der Waals surface area contributed by atoms with E-state index in [1.807, 2.05) is 24.3 Å². The van der Waals surface area contributed by atoms with Gasteiger partial charge in [0.05, 0.1) is 30.6 Å². The van der Waals surface area contributed by atoms with Gasteiger partial charge >= 0.3 is 0 Å². The normalized spacial score (nSPS) is 23.9. The van der Waals surface area contributed by atoms with Crippen molar-refractivity contribution in [2.45, 2.75) is 50.4 Å². The van der Waals surface area contributed by atoms with Crippen molar-refractivity contribution >= 4 is 34.2 Å². The van der Waals surface area contributed by atoms with Crippen molar-refractivity contribution in [3.63, 3.8) is 0 Å². The number of rotatable bonds is 7. The number of β-amino-alcohol motifs (C(OH)–C–C–N with tert-alkyl or cyclic N) is 1. The predicted octanol–water partition coefficient (Wildman–Crippen LogP) is 3.69. The Kier molecular flexibility index (Phi) is 7.09. The molecule has 1 saturated heterocycles. The standard InChI is InChI=1S/C28H32ClN5O4/c1-37-26-13-31-20-6-5-19(29)27(28(20)33-26)23(35)14-34-8-2-3-17-10-18(11-22(17)34)30-12-16-4-7-24-21(9-16)32-25(36)15-38-24/h4-7,9,13,17-18,22-23,30,35H,2-3,8,10-12,14-15H2,1H3,(H,32,36). The van der Waals surface area contributed by atoms with Crippen LogP contribution >= 0.6 is 11.6 Å². The molecule has 1 aliphatic carbocycles. The predicted molar refractivity (Wildman–Crippen MR) is 145 cm³/mol. The molecule has 4 atom stereocenters. The molecule has 1 saturated carbocycles. The zero-order chi connectivity index (χ0) is 26.2. The average molecular weight is 538 g/mol. The number of hydrogen-bond acceptors (Lipinski definition) is 8. The van der Waals surface area contributed by atoms with Gasteiger partial charge in [0.25, 0.3) is 5.91 Å². The minimum atomic E-state index is -0.786. The first-order valence-electron chi connectivity index (χ1n) is 13.2. The van der Waals surface area contributed by atoms with Gasteiger partial charge in [0.15, 0.2) is 6.61 Å². The van der Waals surface area contributed by atoms with Crippen molar-refractivity contribution in [1.82, 2.24) is 20.2 Å². The lowest BCUT2D eigenvalue weighted by molar-refractivity contribution is -0.118. The van der Waals surface area contributed by atoms with Gasteiger partial charge in [-0.25, -0.2) is 9.97 Å². The second kappa shape index (κ2) is 10.6. The first kappa shape index (κ1) is 25.3. The molecule has 0 spiro atoms. The Morgan fingerprint density at radius 1 is 1.32 bits per heavy atom. The molecule has 2 aromatic carbocycles. The minimum absolute atomic E-state index is 0.0644. The number of piperidine rings is 1. The fraction of sp³-hybridized carbons (Fsp3) is 0.464. The number of aromatic nitrogens is 2. The summed E-state index contributed by atoms with van der Waals surface area (Å²) >= 11 is 6.57. The molecule has 9 nitrogen and oxygen atoms in total. The summed E-state index contributed by atoms with van der Waals surface area (Å²) in [6.45, 7) is 2.24. The molecular formula is C28H32ClN5O4. The summed E-state index contributed by atoms with van der Waals surface area (Å²) < 4.78 is 10.7. The number of nitrogens with zero attached hydrogens (tertiary/aromatic N) is 3. The Labute approximate surface area is 226 Å². The summed E-state index contributed by atoms with van der Waals surface area (Å²) in [5, 5.41) is 18.5. The SMILES string of the molecule is COc1cnc2ccc(Cl)c(C(O)CN3CCCC4CC(NCc5ccc6c(c5)NC(=O)CO6)CC43)c2n1. The van der Waals surface area contributed by atoms with E-state index in [2.05, 4.69) is 25.5 Å². The van der Waals surface area contributed by atoms with E-state index in [4.69, 9.17) is 21.1 Å². The molecule has 3 N–H and O–H groups in total. The number of hydrogen-bond donors (Lipinski definition) is 3. The summed E-state index contributed by atoms with van der Waals surface area (Å²) in [6, 6.07) is 10.3. The number of carbonyl (C=O) groups excluding carboxylic acids is 1. The van der Waals surface area contributed by atoms with Gasteiger partial charge in [-0.2, -0.15) is 0 Å².